The number of nitrogens with zero attached hydrogens (tertiary/aromatic N) is 1. The van der Waals surface area contributed by atoms with Crippen LogP contribution >= 0.6 is 12.4 Å². The number of carbonyl (C=O) groups is 1. The fourth-order valence-electron chi connectivity index (χ4n) is 3.24. The lowest BCUT2D eigenvalue weighted by molar-refractivity contribution is -0.131. The third-order valence-electron chi connectivity index (χ3n) is 4.56. The van der Waals surface area contributed by atoms with Crippen molar-refractivity contribution in [2.75, 3.05) is 32.8 Å². The average molecular weight is 318 g/mol. The maximum absolute atomic E-state index is 12.4. The number of rotatable bonds is 7. The molecule has 2 N–H and O–H groups in total. The smallest absolute Gasteiger partial charge is 0.236 e. The van der Waals surface area contributed by atoms with Crippen LogP contribution in [0.5, 0.6) is 0 Å². The molecular formula is C15H28ClN3O2. The van der Waals surface area contributed by atoms with Gasteiger partial charge in [-0.2, -0.15) is 0 Å². The molecule has 2 saturated heterocycles. The number of hydrogen-bond acceptors (Lipinski definition) is 4. The van der Waals surface area contributed by atoms with Gasteiger partial charge in [-0.1, -0.05) is 0 Å². The van der Waals surface area contributed by atoms with E-state index in [2.05, 4.69) is 15.5 Å². The quantitative estimate of drug-likeness (QED) is 0.733. The van der Waals surface area contributed by atoms with Gasteiger partial charge in [0.05, 0.1) is 12.6 Å². The van der Waals surface area contributed by atoms with E-state index < -0.39 is 0 Å². The molecule has 2 unspecified atom stereocenters. The van der Waals surface area contributed by atoms with Gasteiger partial charge in [-0.3, -0.25) is 4.79 Å². The van der Waals surface area contributed by atoms with Crippen molar-refractivity contribution in [1.82, 2.24) is 15.5 Å². The highest BCUT2D eigenvalue weighted by Crippen LogP contribution is 2.27. The highest BCUT2D eigenvalue weighted by molar-refractivity contribution is 5.85. The highest BCUT2D eigenvalue weighted by atomic mass is 35.5. The Bertz CT molecular complexity index is 327. The van der Waals surface area contributed by atoms with Crippen molar-refractivity contribution in [3.8, 4) is 0 Å². The molecule has 1 aliphatic carbocycles. The van der Waals surface area contributed by atoms with Gasteiger partial charge in [0.2, 0.25) is 5.91 Å². The summed E-state index contributed by atoms with van der Waals surface area (Å²) in [4.78, 5) is 14.5. The molecule has 2 heterocycles. The zero-order chi connectivity index (χ0) is 13.8. The molecule has 0 radical (unpaired) electrons. The summed E-state index contributed by atoms with van der Waals surface area (Å²) >= 11 is 0. The van der Waals surface area contributed by atoms with Crippen LogP contribution in [0.25, 0.3) is 0 Å². The van der Waals surface area contributed by atoms with E-state index in [1.54, 1.807) is 0 Å². The average Bonchev–Trinajstić information content (AvgIpc) is 2.93. The predicted octanol–water partition coefficient (Wildman–Crippen LogP) is 0.920. The van der Waals surface area contributed by atoms with E-state index in [1.165, 1.54) is 25.7 Å². The summed E-state index contributed by atoms with van der Waals surface area (Å²) in [5.74, 6) is 0.263. The minimum absolute atomic E-state index is 0. The van der Waals surface area contributed by atoms with Crippen molar-refractivity contribution in [3.05, 3.63) is 0 Å². The molecular weight excluding hydrogens is 290 g/mol. The molecule has 6 heteroatoms. The van der Waals surface area contributed by atoms with Crippen LogP contribution in [-0.4, -0.2) is 61.8 Å². The second-order valence-electron chi connectivity index (χ2n) is 6.34. The molecule has 21 heavy (non-hydrogen) atoms. The molecule has 0 bridgehead atoms. The first kappa shape index (κ1) is 17.0. The molecule has 3 rings (SSSR count). The Morgan fingerprint density at radius 3 is 2.71 bits per heavy atom. The zero-order valence-electron chi connectivity index (χ0n) is 12.7. The minimum atomic E-state index is 0. The molecule has 2 atom stereocenters. The maximum Gasteiger partial charge on any atom is 0.236 e. The van der Waals surface area contributed by atoms with Gasteiger partial charge in [-0.05, 0) is 45.1 Å². The Morgan fingerprint density at radius 1 is 1.24 bits per heavy atom. The van der Waals surface area contributed by atoms with Gasteiger partial charge in [-0.15, -0.1) is 12.4 Å². The number of carbonyl (C=O) groups excluding carboxylic acids is 1. The van der Waals surface area contributed by atoms with Gasteiger partial charge in [-0.25, -0.2) is 0 Å². The van der Waals surface area contributed by atoms with Gasteiger partial charge in [0.1, 0.15) is 0 Å². The summed E-state index contributed by atoms with van der Waals surface area (Å²) < 4.78 is 5.57. The standard InChI is InChI=1S/C15H27N3O2.ClH/c19-15(10-16-9-14-4-2-8-20-14)18(13-5-6-13)11-12-3-1-7-17-12;/h12-14,16-17H,1-11H2;1H. The monoisotopic (exact) mass is 317 g/mol. The molecule has 1 saturated carbocycles. The lowest BCUT2D eigenvalue weighted by Gasteiger charge is -2.26. The van der Waals surface area contributed by atoms with Crippen LogP contribution in [0, 0.1) is 0 Å². The number of hydrogen-bond donors (Lipinski definition) is 2. The summed E-state index contributed by atoms with van der Waals surface area (Å²) in [7, 11) is 0. The Hall–Kier alpha value is -0.360. The van der Waals surface area contributed by atoms with E-state index in [4.69, 9.17) is 4.74 Å². The molecule has 0 spiro atoms. The Labute approximate surface area is 133 Å². The second-order valence-corrected chi connectivity index (χ2v) is 6.34. The van der Waals surface area contributed by atoms with E-state index in [9.17, 15) is 4.79 Å². The van der Waals surface area contributed by atoms with Crippen molar-refractivity contribution >= 4 is 18.3 Å². The number of ether oxygens (including phenoxy) is 1. The largest absolute Gasteiger partial charge is 0.377 e. The Kier molecular flexibility index (Phi) is 6.74. The molecule has 5 nitrogen and oxygen atoms in total. The van der Waals surface area contributed by atoms with Crippen LogP contribution in [0.4, 0.5) is 0 Å². The molecule has 0 aromatic carbocycles. The normalized spacial score (nSPS) is 28.4. The zero-order valence-corrected chi connectivity index (χ0v) is 13.5. The van der Waals surface area contributed by atoms with Crippen LogP contribution in [0.1, 0.15) is 38.5 Å². The predicted molar refractivity (Wildman–Crippen MR) is 84.9 cm³/mol. The van der Waals surface area contributed by atoms with Crippen molar-refractivity contribution in [3.63, 3.8) is 0 Å². The van der Waals surface area contributed by atoms with Crippen molar-refractivity contribution < 1.29 is 9.53 Å². The van der Waals surface area contributed by atoms with E-state index in [1.807, 2.05) is 0 Å². The van der Waals surface area contributed by atoms with Gasteiger partial charge >= 0.3 is 0 Å². The van der Waals surface area contributed by atoms with E-state index in [-0.39, 0.29) is 18.3 Å². The van der Waals surface area contributed by atoms with Crippen LogP contribution in [-0.2, 0) is 9.53 Å². The van der Waals surface area contributed by atoms with Crippen molar-refractivity contribution in [2.45, 2.75) is 56.7 Å². The van der Waals surface area contributed by atoms with Crippen molar-refractivity contribution in [2.24, 2.45) is 0 Å². The first-order valence-corrected chi connectivity index (χ1v) is 8.18. The van der Waals surface area contributed by atoms with E-state index in [0.29, 0.717) is 24.7 Å². The summed E-state index contributed by atoms with van der Waals surface area (Å²) in [6.07, 6.45) is 7.42. The molecule has 3 aliphatic rings. The highest BCUT2D eigenvalue weighted by Gasteiger charge is 2.34. The summed E-state index contributed by atoms with van der Waals surface area (Å²) in [5.41, 5.74) is 0. The molecule has 1 amide bonds. The Balaban J connectivity index is 0.00000161. The molecule has 2 aliphatic heterocycles. The van der Waals surface area contributed by atoms with Crippen LogP contribution < -0.4 is 10.6 Å². The van der Waals surface area contributed by atoms with Gasteiger partial charge < -0.3 is 20.3 Å². The summed E-state index contributed by atoms with van der Waals surface area (Å²) in [6, 6.07) is 1.02. The SMILES string of the molecule is Cl.O=C(CNCC1CCCO1)N(CC1CCCN1)C1CC1. The molecule has 0 aromatic heterocycles. The number of nitrogens with one attached hydrogen (secondary N) is 2. The van der Waals surface area contributed by atoms with Crippen molar-refractivity contribution in [1.29, 1.82) is 0 Å². The van der Waals surface area contributed by atoms with Crippen LogP contribution in [0.15, 0.2) is 0 Å². The van der Waals surface area contributed by atoms with Gasteiger partial charge in [0.15, 0.2) is 0 Å². The first-order valence-electron chi connectivity index (χ1n) is 8.18. The number of halogens is 1. The summed E-state index contributed by atoms with van der Waals surface area (Å²) in [6.45, 7) is 4.15. The van der Waals surface area contributed by atoms with E-state index in [0.717, 1.165) is 39.1 Å². The lowest BCUT2D eigenvalue weighted by Crippen LogP contribution is -2.46. The first-order chi connectivity index (χ1) is 9.83. The molecule has 0 aromatic rings. The van der Waals surface area contributed by atoms with E-state index >= 15 is 0 Å². The number of amides is 1. The fraction of sp³-hybridized carbons (Fsp3) is 0.933. The fourth-order valence-corrected chi connectivity index (χ4v) is 3.24. The minimum Gasteiger partial charge on any atom is -0.377 e. The van der Waals surface area contributed by atoms with Crippen LogP contribution in [0.2, 0.25) is 0 Å². The summed E-state index contributed by atoms with van der Waals surface area (Å²) in [5, 5.41) is 6.77. The third kappa shape index (κ3) is 5.09. The third-order valence-corrected chi connectivity index (χ3v) is 4.56. The topological polar surface area (TPSA) is 53.6 Å². The van der Waals surface area contributed by atoms with Crippen LogP contribution in [0.3, 0.4) is 0 Å². The maximum atomic E-state index is 12.4. The lowest BCUT2D eigenvalue weighted by atomic mass is 10.2. The second kappa shape index (κ2) is 8.32. The molecule has 122 valence electrons. The van der Waals surface area contributed by atoms with Gasteiger partial charge in [0.25, 0.3) is 0 Å². The Morgan fingerprint density at radius 2 is 2.10 bits per heavy atom. The van der Waals surface area contributed by atoms with Gasteiger partial charge in [0, 0.05) is 31.8 Å². The molecule has 3 fully saturated rings.